The number of fused-ring (bicyclic) bond motifs is 2. The Labute approximate surface area is 246 Å². The summed E-state index contributed by atoms with van der Waals surface area (Å²) in [6.07, 6.45) is 3.40. The quantitative estimate of drug-likeness (QED) is 0.373. The van der Waals surface area contributed by atoms with Gasteiger partial charge in [-0.25, -0.2) is 0 Å². The molecule has 3 aromatic heterocycles. The summed E-state index contributed by atoms with van der Waals surface area (Å²) in [5.41, 5.74) is 1.07. The zero-order valence-electron chi connectivity index (χ0n) is 23.6. The number of aryl methyl sites for hydroxylation is 2. The van der Waals surface area contributed by atoms with E-state index in [0.717, 1.165) is 27.3 Å². The smallest absolute Gasteiger partial charge is 0.263 e. The van der Waals surface area contributed by atoms with Crippen LogP contribution >= 0.6 is 22.7 Å². The highest BCUT2D eigenvalue weighted by Gasteiger charge is 2.47. The van der Waals surface area contributed by atoms with E-state index in [9.17, 15) is 19.6 Å². The fraction of sp³-hybridized carbons (Fsp3) is 0.519. The zero-order valence-corrected chi connectivity index (χ0v) is 25.2. The lowest BCUT2D eigenvalue weighted by Crippen LogP contribution is -2.42. The number of amides is 3. The minimum Gasteiger partial charge on any atom is -0.344 e. The van der Waals surface area contributed by atoms with Gasteiger partial charge in [0.2, 0.25) is 5.91 Å². The molecule has 1 unspecified atom stereocenters. The lowest BCUT2D eigenvalue weighted by atomic mass is 9.75. The molecule has 0 bridgehead atoms. The van der Waals surface area contributed by atoms with Crippen LogP contribution in [-0.2, 0) is 23.1 Å². The maximum Gasteiger partial charge on any atom is 0.263 e. The van der Waals surface area contributed by atoms with Gasteiger partial charge in [0.1, 0.15) is 6.04 Å². The van der Waals surface area contributed by atoms with Crippen molar-refractivity contribution < 1.29 is 14.4 Å². The molecule has 1 fully saturated rings. The van der Waals surface area contributed by atoms with Crippen molar-refractivity contribution in [2.75, 3.05) is 47.8 Å². The van der Waals surface area contributed by atoms with Gasteiger partial charge in [-0.3, -0.25) is 14.4 Å². The topological polar surface area (TPSA) is 151 Å². The van der Waals surface area contributed by atoms with Crippen molar-refractivity contribution in [3.05, 3.63) is 48.6 Å². The third-order valence-electron chi connectivity index (χ3n) is 7.72. The molecule has 2 aliphatic rings. The van der Waals surface area contributed by atoms with E-state index in [1.807, 2.05) is 12.1 Å². The number of tetrazole rings is 1. The molecular weight excluding hydrogens is 562 g/mol. The van der Waals surface area contributed by atoms with Gasteiger partial charge in [-0.2, -0.15) is 10.5 Å². The van der Waals surface area contributed by atoms with E-state index in [-0.39, 0.29) is 30.3 Å². The number of nitrogens with one attached hydrogen (secondary N) is 2. The molecular formula is C27H33N9O3S2. The van der Waals surface area contributed by atoms with E-state index >= 15 is 0 Å². The maximum atomic E-state index is 13.0. The Morgan fingerprint density at radius 3 is 2.54 bits per heavy atom. The van der Waals surface area contributed by atoms with Crippen LogP contribution in [0, 0.1) is 11.3 Å². The van der Waals surface area contributed by atoms with Crippen molar-refractivity contribution in [3.63, 3.8) is 0 Å². The van der Waals surface area contributed by atoms with Gasteiger partial charge < -0.3 is 20.0 Å². The van der Waals surface area contributed by atoms with Crippen molar-refractivity contribution in [1.82, 2.24) is 40.6 Å². The molecule has 41 heavy (non-hydrogen) atoms. The van der Waals surface area contributed by atoms with Crippen LogP contribution in [0.5, 0.6) is 0 Å². The van der Waals surface area contributed by atoms with E-state index < -0.39 is 5.41 Å². The van der Waals surface area contributed by atoms with Crippen molar-refractivity contribution in [1.29, 1.82) is 5.26 Å². The summed E-state index contributed by atoms with van der Waals surface area (Å²) in [6.45, 7) is 1.11. The number of aromatic nitrogens is 4. The first kappa shape index (κ1) is 28.8. The number of aromatic amines is 1. The largest absolute Gasteiger partial charge is 0.344 e. The highest BCUT2D eigenvalue weighted by molar-refractivity contribution is 7.15. The molecule has 1 aliphatic carbocycles. The summed E-state index contributed by atoms with van der Waals surface area (Å²) in [7, 11) is 6.92. The summed E-state index contributed by atoms with van der Waals surface area (Å²) < 4.78 is 0. The van der Waals surface area contributed by atoms with Gasteiger partial charge in [-0.1, -0.05) is 5.21 Å². The minimum atomic E-state index is -0.899. The average Bonchev–Trinajstić information content (AvgIpc) is 3.77. The molecule has 0 saturated carbocycles. The Balaban J connectivity index is 1.55. The van der Waals surface area contributed by atoms with E-state index in [1.54, 1.807) is 42.9 Å². The first-order chi connectivity index (χ1) is 19.7. The normalized spacial score (nSPS) is 19.7. The van der Waals surface area contributed by atoms with Crippen LogP contribution in [0.2, 0.25) is 0 Å². The Kier molecular flexibility index (Phi) is 8.21. The second-order valence-corrected chi connectivity index (χ2v) is 12.9. The van der Waals surface area contributed by atoms with Gasteiger partial charge in [0.25, 0.3) is 11.8 Å². The van der Waals surface area contributed by atoms with Crippen LogP contribution in [0.1, 0.15) is 65.3 Å². The van der Waals surface area contributed by atoms with Gasteiger partial charge >= 0.3 is 0 Å². The van der Waals surface area contributed by atoms with Gasteiger partial charge in [0, 0.05) is 44.5 Å². The summed E-state index contributed by atoms with van der Waals surface area (Å²) in [6, 6.07) is 5.75. The van der Waals surface area contributed by atoms with E-state index in [1.165, 1.54) is 22.7 Å². The first-order valence-electron chi connectivity index (χ1n) is 13.5. The number of likely N-dealkylation sites (tertiary alicyclic amines) is 1. The second kappa shape index (κ2) is 11.7. The fourth-order valence-electron chi connectivity index (χ4n) is 5.67. The molecule has 2 atom stereocenters. The van der Waals surface area contributed by atoms with Crippen LogP contribution in [0.4, 0.5) is 0 Å². The fourth-order valence-corrected chi connectivity index (χ4v) is 8.39. The number of hydrogen-bond acceptors (Lipinski definition) is 10. The number of H-pyrrole nitrogens is 1. The Morgan fingerprint density at radius 2 is 1.88 bits per heavy atom. The second-order valence-electron chi connectivity index (χ2n) is 10.8. The molecule has 1 saturated heterocycles. The number of carbonyl (C=O) groups is 3. The number of nitriles is 1. The molecule has 14 heteroatoms. The van der Waals surface area contributed by atoms with Crippen LogP contribution in [-0.4, -0.2) is 107 Å². The highest BCUT2D eigenvalue weighted by atomic mass is 32.1. The Bertz CT molecular complexity index is 1420. The molecule has 12 nitrogen and oxygen atoms in total. The van der Waals surface area contributed by atoms with Crippen molar-refractivity contribution in [2.45, 2.75) is 43.6 Å². The van der Waals surface area contributed by atoms with E-state index in [4.69, 9.17) is 0 Å². The van der Waals surface area contributed by atoms with Gasteiger partial charge in [0.15, 0.2) is 5.82 Å². The third-order valence-corrected chi connectivity index (χ3v) is 10.2. The summed E-state index contributed by atoms with van der Waals surface area (Å²) in [5.74, 6) is 0.183. The van der Waals surface area contributed by atoms with Crippen LogP contribution in [0.25, 0.3) is 0 Å². The number of nitrogens with zero attached hydrogens (tertiary/aromatic N) is 7. The molecule has 2 N–H and O–H groups in total. The minimum absolute atomic E-state index is 0.0821. The van der Waals surface area contributed by atoms with E-state index in [0.29, 0.717) is 54.4 Å². The van der Waals surface area contributed by atoms with Gasteiger partial charge in [-0.05, 0) is 61.9 Å². The van der Waals surface area contributed by atoms with E-state index in [2.05, 4.69) is 32.0 Å². The van der Waals surface area contributed by atoms with Gasteiger partial charge in [0.05, 0.1) is 27.8 Å². The molecule has 3 amide bonds. The average molecular weight is 596 g/mol. The molecule has 0 radical (unpaired) electrons. The lowest BCUT2D eigenvalue weighted by Gasteiger charge is -2.31. The Hall–Kier alpha value is -3.67. The standard InChI is InChI=1S/C27H33N9O3S2/c1-34(2)24(38)20-12-16-7-8-19-18(13-21(40-19)25(39)35(3)4)27(23(16)41-20,26-30-32-33-31-26)9-10-29-15-22(37)36-11-5-6-17(36)14-28/h12-13,17,29H,5-11,15H2,1-4H3,(H,30,31,32,33)/t17-,27?/m0/s1. The number of carbonyl (C=O) groups excluding carboxylic acids is 3. The summed E-state index contributed by atoms with van der Waals surface area (Å²) in [4.78, 5) is 47.0. The van der Waals surface area contributed by atoms with Crippen LogP contribution in [0.15, 0.2) is 12.1 Å². The zero-order chi connectivity index (χ0) is 29.3. The number of thiophene rings is 2. The highest BCUT2D eigenvalue weighted by Crippen LogP contribution is 2.51. The third kappa shape index (κ3) is 5.25. The van der Waals surface area contributed by atoms with Crippen molar-refractivity contribution in [3.8, 4) is 6.07 Å². The maximum absolute atomic E-state index is 13.0. The molecule has 4 heterocycles. The summed E-state index contributed by atoms with van der Waals surface area (Å²) in [5, 5.41) is 28.1. The number of hydrogen-bond donors (Lipinski definition) is 2. The molecule has 216 valence electrons. The van der Waals surface area contributed by atoms with Crippen molar-refractivity contribution >= 4 is 40.4 Å². The monoisotopic (exact) mass is 595 g/mol. The Morgan fingerprint density at radius 1 is 1.15 bits per heavy atom. The van der Waals surface area contributed by atoms with Crippen LogP contribution in [0.3, 0.4) is 0 Å². The summed E-state index contributed by atoms with van der Waals surface area (Å²) >= 11 is 2.90. The molecule has 1 aliphatic heterocycles. The lowest BCUT2D eigenvalue weighted by molar-refractivity contribution is -0.130. The predicted octanol–water partition coefficient (Wildman–Crippen LogP) is 1.65. The van der Waals surface area contributed by atoms with Crippen LogP contribution < -0.4 is 5.32 Å². The molecule has 0 aromatic carbocycles. The number of rotatable bonds is 8. The molecule has 3 aromatic rings. The molecule has 0 spiro atoms. The molecule has 5 rings (SSSR count). The predicted molar refractivity (Wildman–Crippen MR) is 154 cm³/mol. The first-order valence-corrected chi connectivity index (χ1v) is 15.1. The van der Waals surface area contributed by atoms with Gasteiger partial charge in [-0.15, -0.1) is 32.9 Å². The SMILES string of the molecule is CN(C)C(=O)c1cc2c(s1)CCc1cc(C(=O)N(C)C)sc1C2(CCNCC(=O)N1CCC[C@H]1C#N)c1nn[nH]n1. The van der Waals surface area contributed by atoms with Crippen molar-refractivity contribution in [2.24, 2.45) is 0 Å².